The lowest BCUT2D eigenvalue weighted by molar-refractivity contribution is -0.712. The second-order valence-corrected chi connectivity index (χ2v) is 8.36. The number of aromatic amines is 1. The zero-order valence-electron chi connectivity index (χ0n) is 19.0. The molecule has 0 amide bonds. The van der Waals surface area contributed by atoms with Crippen molar-refractivity contribution in [2.75, 3.05) is 14.2 Å². The molecule has 1 aliphatic heterocycles. The Balaban J connectivity index is 1.54. The fraction of sp³-hybridized carbons (Fsp3) is 0.222. The van der Waals surface area contributed by atoms with Crippen LogP contribution in [0, 0.1) is 5.82 Å². The van der Waals surface area contributed by atoms with Gasteiger partial charge in [-0.15, -0.1) is 0 Å². The van der Waals surface area contributed by atoms with Crippen molar-refractivity contribution in [3.63, 3.8) is 0 Å². The molecule has 0 saturated carbocycles. The third-order valence-electron chi connectivity index (χ3n) is 6.39. The number of aromatic nitrogens is 1. The van der Waals surface area contributed by atoms with Crippen molar-refractivity contribution < 1.29 is 28.7 Å². The molecular formula is C27H26FN2O4+. The van der Waals surface area contributed by atoms with Crippen LogP contribution in [0.3, 0.4) is 0 Å². The number of ether oxygens (including phenoxy) is 3. The second kappa shape index (κ2) is 9.19. The first kappa shape index (κ1) is 22.0. The maximum atomic E-state index is 14.1. The smallest absolute Gasteiger partial charge is 0.364 e. The van der Waals surface area contributed by atoms with Crippen molar-refractivity contribution in [1.82, 2.24) is 4.98 Å². The van der Waals surface area contributed by atoms with Crippen LogP contribution in [0.4, 0.5) is 4.39 Å². The Labute approximate surface area is 196 Å². The van der Waals surface area contributed by atoms with E-state index in [2.05, 4.69) is 11.1 Å². The van der Waals surface area contributed by atoms with Crippen LogP contribution in [0.5, 0.6) is 11.5 Å². The number of hydrogen-bond acceptors (Lipinski definition) is 4. The van der Waals surface area contributed by atoms with Crippen LogP contribution in [0.25, 0.3) is 10.9 Å². The number of nitrogens with one attached hydrogen (secondary N) is 1. The Morgan fingerprint density at radius 2 is 1.85 bits per heavy atom. The second-order valence-electron chi connectivity index (χ2n) is 8.36. The molecule has 2 heterocycles. The van der Waals surface area contributed by atoms with E-state index in [1.165, 1.54) is 13.2 Å². The van der Waals surface area contributed by atoms with Crippen LogP contribution in [-0.4, -0.2) is 31.2 Å². The highest BCUT2D eigenvalue weighted by Gasteiger charge is 2.38. The first-order valence-electron chi connectivity index (χ1n) is 11.2. The van der Waals surface area contributed by atoms with E-state index in [0.717, 1.165) is 33.3 Å². The van der Waals surface area contributed by atoms with Gasteiger partial charge >= 0.3 is 5.97 Å². The van der Waals surface area contributed by atoms with Gasteiger partial charge in [0.05, 0.1) is 19.9 Å². The minimum Gasteiger partial charge on any atom is -0.496 e. The molecular weight excluding hydrogens is 435 g/mol. The first-order valence-corrected chi connectivity index (χ1v) is 11.2. The van der Waals surface area contributed by atoms with Gasteiger partial charge in [-0.05, 0) is 42.0 Å². The lowest BCUT2D eigenvalue weighted by Crippen LogP contribution is -2.94. The fourth-order valence-electron chi connectivity index (χ4n) is 4.74. The summed E-state index contributed by atoms with van der Waals surface area (Å²) >= 11 is 0. The van der Waals surface area contributed by atoms with Crippen LogP contribution in [0.2, 0.25) is 0 Å². The van der Waals surface area contributed by atoms with Crippen molar-refractivity contribution in [2.24, 2.45) is 0 Å². The van der Waals surface area contributed by atoms with Crippen LogP contribution < -0.4 is 14.8 Å². The molecule has 2 atom stereocenters. The van der Waals surface area contributed by atoms with E-state index >= 15 is 0 Å². The van der Waals surface area contributed by atoms with E-state index < -0.39 is 5.82 Å². The highest BCUT2D eigenvalue weighted by molar-refractivity contribution is 5.86. The largest absolute Gasteiger partial charge is 0.496 e. The van der Waals surface area contributed by atoms with Crippen molar-refractivity contribution in [3.05, 3.63) is 94.9 Å². The third-order valence-corrected chi connectivity index (χ3v) is 6.39. The molecule has 0 bridgehead atoms. The number of para-hydroxylation sites is 2. The van der Waals surface area contributed by atoms with E-state index in [-0.39, 0.29) is 30.4 Å². The summed E-state index contributed by atoms with van der Waals surface area (Å²) in [7, 11) is 3.01. The summed E-state index contributed by atoms with van der Waals surface area (Å²) in [4.78, 5) is 16.1. The summed E-state index contributed by atoms with van der Waals surface area (Å²) < 4.78 is 30.4. The van der Waals surface area contributed by atoms with Gasteiger partial charge in [0.1, 0.15) is 12.4 Å². The Bertz CT molecular complexity index is 1350. The molecule has 34 heavy (non-hydrogen) atoms. The number of benzene rings is 3. The lowest BCUT2D eigenvalue weighted by atomic mass is 9.89. The van der Waals surface area contributed by atoms with E-state index in [9.17, 15) is 9.18 Å². The Kier molecular flexibility index (Phi) is 5.94. The van der Waals surface area contributed by atoms with Crippen molar-refractivity contribution in [2.45, 2.75) is 25.1 Å². The monoisotopic (exact) mass is 461 g/mol. The predicted octanol–water partition coefficient (Wildman–Crippen LogP) is 3.65. The molecule has 5 rings (SSSR count). The van der Waals surface area contributed by atoms with Gasteiger partial charge in [0, 0.05) is 28.5 Å². The minimum atomic E-state index is -0.415. The van der Waals surface area contributed by atoms with Crippen molar-refractivity contribution >= 4 is 16.9 Å². The maximum Gasteiger partial charge on any atom is 0.364 e. The van der Waals surface area contributed by atoms with Crippen LogP contribution in [0.15, 0.2) is 66.7 Å². The van der Waals surface area contributed by atoms with Gasteiger partial charge in [-0.2, -0.15) is 0 Å². The number of rotatable bonds is 6. The normalized spacial score (nSPS) is 17.3. The number of halogens is 1. The number of carbonyl (C=O) groups excluding carboxylic acids is 1. The van der Waals surface area contributed by atoms with Gasteiger partial charge < -0.3 is 24.5 Å². The van der Waals surface area contributed by atoms with E-state index in [0.29, 0.717) is 12.2 Å². The Hall–Kier alpha value is -3.84. The topological polar surface area (TPSA) is 77.2 Å². The Morgan fingerprint density at radius 1 is 1.06 bits per heavy atom. The zero-order chi connectivity index (χ0) is 23.7. The fourth-order valence-corrected chi connectivity index (χ4v) is 4.74. The quantitative estimate of drug-likeness (QED) is 0.430. The average molecular weight is 462 g/mol. The molecule has 0 radical (unpaired) electrons. The molecule has 7 heteroatoms. The van der Waals surface area contributed by atoms with Gasteiger partial charge in [0.2, 0.25) is 0 Å². The van der Waals surface area contributed by atoms with Gasteiger partial charge in [-0.1, -0.05) is 30.3 Å². The van der Waals surface area contributed by atoms with Crippen LogP contribution in [0.1, 0.15) is 28.4 Å². The third kappa shape index (κ3) is 3.99. The molecule has 0 aliphatic carbocycles. The van der Waals surface area contributed by atoms with Gasteiger partial charge in [-0.3, -0.25) is 0 Å². The highest BCUT2D eigenvalue weighted by atomic mass is 19.1. The summed E-state index contributed by atoms with van der Waals surface area (Å²) in [5, 5.41) is 3.15. The van der Waals surface area contributed by atoms with Crippen molar-refractivity contribution in [3.8, 4) is 11.5 Å². The standard InChI is InChI=1S/C27H25FN2O4/c1-32-23-12-11-16(13-17(23)15-34-24-10-6-4-8-20(24)28)25-26-19(14-22(30-25)27(31)33-2)18-7-3-5-9-21(18)29-26/h3-13,22,25,29-30H,14-15H2,1-2H3/p+1/t22-,25+/m0/s1. The van der Waals surface area contributed by atoms with Gasteiger partial charge in [0.15, 0.2) is 23.7 Å². The zero-order valence-corrected chi connectivity index (χ0v) is 19.0. The molecule has 0 saturated heterocycles. The molecule has 3 aromatic carbocycles. The van der Waals surface area contributed by atoms with E-state index in [1.807, 2.05) is 41.7 Å². The molecule has 0 unspecified atom stereocenters. The molecule has 4 aromatic rings. The summed E-state index contributed by atoms with van der Waals surface area (Å²) in [5.74, 6) is 0.166. The minimum absolute atomic E-state index is 0.144. The summed E-state index contributed by atoms with van der Waals surface area (Å²) in [6.45, 7) is 0.144. The molecule has 0 fully saturated rings. The molecule has 3 N–H and O–H groups in total. The van der Waals surface area contributed by atoms with E-state index in [1.54, 1.807) is 25.3 Å². The molecule has 1 aliphatic rings. The number of carbonyl (C=O) groups is 1. The molecule has 1 aromatic heterocycles. The average Bonchev–Trinajstić information content (AvgIpc) is 3.25. The molecule has 6 nitrogen and oxygen atoms in total. The number of quaternary nitrogens is 1. The Morgan fingerprint density at radius 3 is 2.65 bits per heavy atom. The molecule has 0 spiro atoms. The lowest BCUT2D eigenvalue weighted by Gasteiger charge is -2.27. The van der Waals surface area contributed by atoms with Gasteiger partial charge in [-0.25, -0.2) is 9.18 Å². The van der Waals surface area contributed by atoms with Crippen LogP contribution >= 0.6 is 0 Å². The number of hydrogen-bond donors (Lipinski definition) is 2. The van der Waals surface area contributed by atoms with E-state index in [4.69, 9.17) is 14.2 Å². The molecule has 174 valence electrons. The summed E-state index contributed by atoms with van der Waals surface area (Å²) in [6.07, 6.45) is 0.585. The SMILES string of the molecule is COC(=O)[C@@H]1Cc2c([nH]c3ccccc23)[C@@H](c2ccc(OC)c(COc3ccccc3F)c2)[NH2+]1. The highest BCUT2D eigenvalue weighted by Crippen LogP contribution is 2.34. The first-order chi connectivity index (χ1) is 16.6. The number of fused-ring (bicyclic) bond motifs is 3. The van der Waals surface area contributed by atoms with Crippen molar-refractivity contribution in [1.29, 1.82) is 0 Å². The van der Waals surface area contributed by atoms with Crippen LogP contribution in [-0.2, 0) is 22.6 Å². The number of methoxy groups -OCH3 is 2. The number of esters is 1. The maximum absolute atomic E-state index is 14.1. The summed E-state index contributed by atoms with van der Waals surface area (Å²) in [5.41, 5.74) is 4.99. The van der Waals surface area contributed by atoms with Gasteiger partial charge in [0.25, 0.3) is 0 Å². The predicted molar refractivity (Wildman–Crippen MR) is 125 cm³/mol. The number of H-pyrrole nitrogens is 1. The summed E-state index contributed by atoms with van der Waals surface area (Å²) in [6, 6.07) is 19.8. The number of nitrogens with two attached hydrogens (primary N) is 1.